The predicted molar refractivity (Wildman–Crippen MR) is 48.0 cm³/mol. The van der Waals surface area contributed by atoms with E-state index < -0.39 is 0 Å². The third-order valence-electron chi connectivity index (χ3n) is 2.13. The summed E-state index contributed by atoms with van der Waals surface area (Å²) in [7, 11) is 0. The second-order valence-electron chi connectivity index (χ2n) is 2.80. The van der Waals surface area contributed by atoms with Gasteiger partial charge in [-0.2, -0.15) is 0 Å². The number of rotatable bonds is 3. The summed E-state index contributed by atoms with van der Waals surface area (Å²) in [4.78, 5) is 2.26. The molecular weight excluding hydrogens is 164 g/mol. The summed E-state index contributed by atoms with van der Waals surface area (Å²) in [6.45, 7) is 3.05. The highest BCUT2D eigenvalue weighted by Gasteiger charge is 2.21. The van der Waals surface area contributed by atoms with Gasteiger partial charge in [-0.1, -0.05) is 0 Å². The lowest BCUT2D eigenvalue weighted by molar-refractivity contribution is 0.162. The molecule has 1 atom stereocenters. The molecule has 0 bridgehead atoms. The molecule has 0 saturated carbocycles. The zero-order chi connectivity index (χ0) is 7.40. The van der Waals surface area contributed by atoms with E-state index in [1.54, 1.807) is 0 Å². The zero-order valence-corrected chi connectivity index (χ0v) is 7.52. The Hall–Kier alpha value is 0.170. The number of aliphatic hydroxyl groups excluding tert-OH is 1. The molecule has 1 saturated heterocycles. The molecular formula is C7H17ClN2O. The van der Waals surface area contributed by atoms with Crippen molar-refractivity contribution in [1.29, 1.82) is 0 Å². The Balaban J connectivity index is 0.000001000. The number of hydrogen-bond donors (Lipinski definition) is 2. The highest BCUT2D eigenvalue weighted by molar-refractivity contribution is 5.85. The summed E-state index contributed by atoms with van der Waals surface area (Å²) in [5, 5.41) is 8.88. The van der Waals surface area contributed by atoms with Crippen molar-refractivity contribution in [2.24, 2.45) is 5.73 Å². The van der Waals surface area contributed by atoms with Crippen LogP contribution in [0, 0.1) is 0 Å². The van der Waals surface area contributed by atoms with Gasteiger partial charge in [0.1, 0.15) is 0 Å². The van der Waals surface area contributed by atoms with Gasteiger partial charge in [0, 0.05) is 19.1 Å². The van der Waals surface area contributed by atoms with Gasteiger partial charge in [-0.05, 0) is 19.4 Å². The van der Waals surface area contributed by atoms with Crippen LogP contribution in [0.15, 0.2) is 0 Å². The van der Waals surface area contributed by atoms with E-state index in [-0.39, 0.29) is 12.4 Å². The highest BCUT2D eigenvalue weighted by atomic mass is 35.5. The molecule has 1 fully saturated rings. The Morgan fingerprint density at radius 1 is 1.55 bits per heavy atom. The minimum absolute atomic E-state index is 0. The Morgan fingerprint density at radius 3 is 2.82 bits per heavy atom. The molecule has 0 amide bonds. The third kappa shape index (κ3) is 2.95. The van der Waals surface area contributed by atoms with E-state index in [2.05, 4.69) is 4.90 Å². The SMILES string of the molecule is Cl.NCCN1CCC[C@H]1CO. The van der Waals surface area contributed by atoms with E-state index in [0.29, 0.717) is 19.2 Å². The molecule has 0 aromatic heterocycles. The minimum atomic E-state index is 0. The van der Waals surface area contributed by atoms with Crippen LogP contribution < -0.4 is 5.73 Å². The molecule has 68 valence electrons. The summed E-state index contributed by atoms with van der Waals surface area (Å²) >= 11 is 0. The maximum absolute atomic E-state index is 8.88. The number of hydrogen-bond acceptors (Lipinski definition) is 3. The lowest BCUT2D eigenvalue weighted by Crippen LogP contribution is -2.35. The van der Waals surface area contributed by atoms with Crippen LogP contribution in [0.25, 0.3) is 0 Å². The van der Waals surface area contributed by atoms with Crippen molar-refractivity contribution in [1.82, 2.24) is 4.90 Å². The van der Waals surface area contributed by atoms with Crippen molar-refractivity contribution < 1.29 is 5.11 Å². The molecule has 3 nitrogen and oxygen atoms in total. The van der Waals surface area contributed by atoms with Crippen molar-refractivity contribution in [2.45, 2.75) is 18.9 Å². The van der Waals surface area contributed by atoms with Gasteiger partial charge in [-0.3, -0.25) is 4.90 Å². The molecule has 0 unspecified atom stereocenters. The molecule has 0 aromatic rings. The third-order valence-corrected chi connectivity index (χ3v) is 2.13. The molecule has 1 aliphatic rings. The summed E-state index contributed by atoms with van der Waals surface area (Å²) in [5.41, 5.74) is 5.40. The number of aliphatic hydroxyl groups is 1. The summed E-state index contributed by atoms with van der Waals surface area (Å²) in [6, 6.07) is 0.392. The van der Waals surface area contributed by atoms with Gasteiger partial charge in [0.05, 0.1) is 6.61 Å². The minimum Gasteiger partial charge on any atom is -0.395 e. The molecule has 0 spiro atoms. The van der Waals surface area contributed by atoms with Crippen LogP contribution in [0.5, 0.6) is 0 Å². The van der Waals surface area contributed by atoms with Crippen LogP contribution in [-0.2, 0) is 0 Å². The molecule has 4 heteroatoms. The maximum atomic E-state index is 8.88. The second kappa shape index (κ2) is 5.77. The first kappa shape index (κ1) is 11.2. The van der Waals surface area contributed by atoms with Crippen molar-refractivity contribution in [3.8, 4) is 0 Å². The molecule has 3 N–H and O–H groups in total. The van der Waals surface area contributed by atoms with Crippen LogP contribution in [0.2, 0.25) is 0 Å². The number of likely N-dealkylation sites (tertiary alicyclic amines) is 1. The fourth-order valence-electron chi connectivity index (χ4n) is 1.56. The fraction of sp³-hybridized carbons (Fsp3) is 1.00. The van der Waals surface area contributed by atoms with Gasteiger partial charge >= 0.3 is 0 Å². The first-order valence-electron chi connectivity index (χ1n) is 3.93. The average Bonchev–Trinajstić information content (AvgIpc) is 2.36. The van der Waals surface area contributed by atoms with E-state index >= 15 is 0 Å². The fourth-order valence-corrected chi connectivity index (χ4v) is 1.56. The maximum Gasteiger partial charge on any atom is 0.0586 e. The Labute approximate surface area is 74.0 Å². The van der Waals surface area contributed by atoms with E-state index in [0.717, 1.165) is 19.5 Å². The van der Waals surface area contributed by atoms with Gasteiger partial charge in [-0.15, -0.1) is 12.4 Å². The Bertz CT molecular complexity index is 102. The van der Waals surface area contributed by atoms with E-state index in [1.807, 2.05) is 0 Å². The second-order valence-corrected chi connectivity index (χ2v) is 2.80. The monoisotopic (exact) mass is 180 g/mol. The topological polar surface area (TPSA) is 49.5 Å². The largest absolute Gasteiger partial charge is 0.395 e. The van der Waals surface area contributed by atoms with Gasteiger partial charge < -0.3 is 10.8 Å². The average molecular weight is 181 g/mol. The lowest BCUT2D eigenvalue weighted by atomic mass is 10.2. The van der Waals surface area contributed by atoms with Gasteiger partial charge in [0.2, 0.25) is 0 Å². The molecule has 1 heterocycles. The number of nitrogens with two attached hydrogens (primary N) is 1. The Morgan fingerprint density at radius 2 is 2.27 bits per heavy atom. The summed E-state index contributed by atoms with van der Waals surface area (Å²) < 4.78 is 0. The zero-order valence-electron chi connectivity index (χ0n) is 6.70. The molecule has 0 aromatic carbocycles. The summed E-state index contributed by atoms with van der Waals surface area (Å²) in [6.07, 6.45) is 2.35. The quantitative estimate of drug-likeness (QED) is 0.634. The molecule has 11 heavy (non-hydrogen) atoms. The highest BCUT2D eigenvalue weighted by Crippen LogP contribution is 2.14. The van der Waals surface area contributed by atoms with E-state index in [9.17, 15) is 0 Å². The van der Waals surface area contributed by atoms with Crippen LogP contribution in [0.1, 0.15) is 12.8 Å². The van der Waals surface area contributed by atoms with Crippen LogP contribution >= 0.6 is 12.4 Å². The lowest BCUT2D eigenvalue weighted by Gasteiger charge is -2.21. The predicted octanol–water partition coefficient (Wildman–Crippen LogP) is -0.176. The standard InChI is InChI=1S/C7H16N2O.ClH/c8-3-5-9-4-1-2-7(9)6-10;/h7,10H,1-6,8H2;1H/t7-;/m0./s1. The van der Waals surface area contributed by atoms with Gasteiger partial charge in [0.25, 0.3) is 0 Å². The van der Waals surface area contributed by atoms with E-state index in [4.69, 9.17) is 10.8 Å². The smallest absolute Gasteiger partial charge is 0.0586 e. The van der Waals surface area contributed by atoms with Crippen LogP contribution in [0.3, 0.4) is 0 Å². The normalized spacial score (nSPS) is 25.1. The Kier molecular flexibility index (Phi) is 5.86. The van der Waals surface area contributed by atoms with Gasteiger partial charge in [0.15, 0.2) is 0 Å². The number of nitrogens with zero attached hydrogens (tertiary/aromatic N) is 1. The van der Waals surface area contributed by atoms with Gasteiger partial charge in [-0.25, -0.2) is 0 Å². The van der Waals surface area contributed by atoms with Crippen LogP contribution in [-0.4, -0.2) is 42.3 Å². The molecule has 1 aliphatic heterocycles. The van der Waals surface area contributed by atoms with Crippen molar-refractivity contribution in [3.63, 3.8) is 0 Å². The van der Waals surface area contributed by atoms with Crippen LogP contribution in [0.4, 0.5) is 0 Å². The first-order valence-corrected chi connectivity index (χ1v) is 3.93. The number of halogens is 1. The van der Waals surface area contributed by atoms with Crippen molar-refractivity contribution in [3.05, 3.63) is 0 Å². The first-order chi connectivity index (χ1) is 4.88. The van der Waals surface area contributed by atoms with Crippen molar-refractivity contribution in [2.75, 3.05) is 26.2 Å². The van der Waals surface area contributed by atoms with E-state index in [1.165, 1.54) is 6.42 Å². The summed E-state index contributed by atoms with van der Waals surface area (Å²) in [5.74, 6) is 0. The van der Waals surface area contributed by atoms with Crippen molar-refractivity contribution >= 4 is 12.4 Å². The molecule has 1 rings (SSSR count). The molecule has 0 aliphatic carbocycles. The molecule has 0 radical (unpaired) electrons.